The normalized spacial score (nSPS) is 10.8. The maximum absolute atomic E-state index is 11.5. The molecule has 0 atom stereocenters. The van der Waals surface area contributed by atoms with E-state index in [1.807, 2.05) is 6.07 Å². The molecule has 2 N–H and O–H groups in total. The van der Waals surface area contributed by atoms with Crippen LogP contribution in [0, 0.1) is 0 Å². The Hall–Kier alpha value is -2.67. The lowest BCUT2D eigenvalue weighted by Gasteiger charge is -2.05. The van der Waals surface area contributed by atoms with Crippen LogP contribution in [0.1, 0.15) is 20.8 Å². The molecule has 6 nitrogen and oxygen atoms in total. The van der Waals surface area contributed by atoms with Gasteiger partial charge in [-0.05, 0) is 24.3 Å². The largest absolute Gasteiger partial charge is 0.478 e. The van der Waals surface area contributed by atoms with E-state index in [1.54, 1.807) is 30.5 Å². The maximum atomic E-state index is 11.5. The van der Waals surface area contributed by atoms with E-state index in [0.717, 1.165) is 4.47 Å². The first kappa shape index (κ1) is 14.3. The molecule has 1 aromatic carbocycles. The Kier molecular flexibility index (Phi) is 3.42. The van der Waals surface area contributed by atoms with E-state index < -0.39 is 11.9 Å². The second-order valence-electron chi connectivity index (χ2n) is 4.55. The Labute approximate surface area is 132 Å². The molecule has 7 heteroatoms. The number of hydrogen-bond acceptors (Lipinski definition) is 3. The highest BCUT2D eigenvalue weighted by molar-refractivity contribution is 9.10. The van der Waals surface area contributed by atoms with Gasteiger partial charge in [0.15, 0.2) is 11.3 Å². The van der Waals surface area contributed by atoms with Gasteiger partial charge in [0.1, 0.15) is 5.56 Å². The number of aromatic carboxylic acids is 2. The second kappa shape index (κ2) is 5.27. The molecule has 0 unspecified atom stereocenters. The second-order valence-corrected chi connectivity index (χ2v) is 5.46. The Morgan fingerprint density at radius 2 is 1.86 bits per heavy atom. The van der Waals surface area contributed by atoms with Gasteiger partial charge >= 0.3 is 11.9 Å². The molecule has 2 aromatic heterocycles. The van der Waals surface area contributed by atoms with E-state index in [0.29, 0.717) is 11.3 Å². The van der Waals surface area contributed by atoms with Gasteiger partial charge in [-0.3, -0.25) is 4.40 Å². The molecule has 2 heterocycles. The predicted octanol–water partition coefficient (Wildman–Crippen LogP) is 3.16. The minimum Gasteiger partial charge on any atom is -0.478 e. The standard InChI is InChI=1S/C15H9BrN2O4/c16-9-4-1-3-8(7-9)12-11(15(21)22)17-13-10(14(19)20)5-2-6-18(12)13/h1-7H,(H,19,20)(H,21,22). The van der Waals surface area contributed by atoms with Crippen LogP contribution in [0.15, 0.2) is 47.1 Å². The SMILES string of the molecule is O=C(O)c1nc2c(C(=O)O)cccn2c1-c1cccc(Br)c1. The molecule has 0 fully saturated rings. The molecule has 0 saturated heterocycles. The van der Waals surface area contributed by atoms with Crippen molar-refractivity contribution < 1.29 is 19.8 Å². The van der Waals surface area contributed by atoms with Crippen molar-refractivity contribution in [1.29, 1.82) is 0 Å². The third-order valence-corrected chi connectivity index (χ3v) is 3.67. The molecular formula is C15H9BrN2O4. The van der Waals surface area contributed by atoms with Gasteiger partial charge in [0.05, 0.1) is 5.69 Å². The van der Waals surface area contributed by atoms with Crippen LogP contribution in [0.25, 0.3) is 16.9 Å². The van der Waals surface area contributed by atoms with E-state index in [9.17, 15) is 19.8 Å². The van der Waals surface area contributed by atoms with Crippen molar-refractivity contribution in [2.75, 3.05) is 0 Å². The van der Waals surface area contributed by atoms with Crippen molar-refractivity contribution in [3.05, 3.63) is 58.3 Å². The molecule has 3 aromatic rings. The number of carbonyl (C=O) groups is 2. The molecule has 110 valence electrons. The zero-order valence-electron chi connectivity index (χ0n) is 11.0. The third kappa shape index (κ3) is 2.25. The first-order chi connectivity index (χ1) is 10.5. The summed E-state index contributed by atoms with van der Waals surface area (Å²) >= 11 is 3.34. The van der Waals surface area contributed by atoms with Crippen LogP contribution in [0.2, 0.25) is 0 Å². The zero-order chi connectivity index (χ0) is 15.9. The molecule has 3 rings (SSSR count). The first-order valence-corrected chi connectivity index (χ1v) is 7.02. The van der Waals surface area contributed by atoms with Crippen molar-refractivity contribution >= 4 is 33.5 Å². The van der Waals surface area contributed by atoms with Crippen molar-refractivity contribution in [2.24, 2.45) is 0 Å². The van der Waals surface area contributed by atoms with Gasteiger partial charge < -0.3 is 10.2 Å². The summed E-state index contributed by atoms with van der Waals surface area (Å²) in [5.41, 5.74) is 0.828. The van der Waals surface area contributed by atoms with E-state index in [4.69, 9.17) is 0 Å². The number of rotatable bonds is 3. The van der Waals surface area contributed by atoms with E-state index in [-0.39, 0.29) is 16.9 Å². The van der Waals surface area contributed by atoms with Crippen molar-refractivity contribution in [1.82, 2.24) is 9.38 Å². The number of nitrogens with zero attached hydrogens (tertiary/aromatic N) is 2. The van der Waals surface area contributed by atoms with Crippen LogP contribution in [0.5, 0.6) is 0 Å². The van der Waals surface area contributed by atoms with E-state index >= 15 is 0 Å². The summed E-state index contributed by atoms with van der Waals surface area (Å²) in [6.45, 7) is 0. The third-order valence-electron chi connectivity index (χ3n) is 3.18. The van der Waals surface area contributed by atoms with Crippen LogP contribution in [0.4, 0.5) is 0 Å². The van der Waals surface area contributed by atoms with Crippen molar-refractivity contribution in [3.8, 4) is 11.3 Å². The minimum atomic E-state index is -1.21. The topological polar surface area (TPSA) is 91.9 Å². The highest BCUT2D eigenvalue weighted by Gasteiger charge is 2.22. The smallest absolute Gasteiger partial charge is 0.356 e. The van der Waals surface area contributed by atoms with Gasteiger partial charge in [0, 0.05) is 16.2 Å². The Balaban J connectivity index is 2.42. The number of carboxylic acid groups (broad SMARTS) is 2. The lowest BCUT2D eigenvalue weighted by atomic mass is 10.1. The average molecular weight is 361 g/mol. The quantitative estimate of drug-likeness (QED) is 0.748. The van der Waals surface area contributed by atoms with Gasteiger partial charge in [-0.2, -0.15) is 0 Å². The fourth-order valence-corrected chi connectivity index (χ4v) is 2.69. The highest BCUT2D eigenvalue weighted by atomic mass is 79.9. The number of aromatic nitrogens is 2. The van der Waals surface area contributed by atoms with Crippen LogP contribution >= 0.6 is 15.9 Å². The molecule has 22 heavy (non-hydrogen) atoms. The van der Waals surface area contributed by atoms with Crippen LogP contribution in [-0.4, -0.2) is 31.5 Å². The lowest BCUT2D eigenvalue weighted by molar-refractivity contribution is 0.0681. The van der Waals surface area contributed by atoms with Crippen LogP contribution < -0.4 is 0 Å². The molecule has 0 saturated carbocycles. The fourth-order valence-electron chi connectivity index (χ4n) is 2.30. The number of imidazole rings is 1. The Morgan fingerprint density at radius 1 is 1.09 bits per heavy atom. The summed E-state index contributed by atoms with van der Waals surface area (Å²) in [5.74, 6) is -2.37. The summed E-state index contributed by atoms with van der Waals surface area (Å²) in [4.78, 5) is 26.8. The molecule has 0 amide bonds. The van der Waals surface area contributed by atoms with Crippen molar-refractivity contribution in [3.63, 3.8) is 0 Å². The molecular weight excluding hydrogens is 352 g/mol. The average Bonchev–Trinajstić information content (AvgIpc) is 2.86. The van der Waals surface area contributed by atoms with Crippen LogP contribution in [0.3, 0.4) is 0 Å². The van der Waals surface area contributed by atoms with Crippen molar-refractivity contribution in [2.45, 2.75) is 0 Å². The fraction of sp³-hybridized carbons (Fsp3) is 0. The molecule has 0 bridgehead atoms. The number of benzene rings is 1. The Bertz CT molecular complexity index is 917. The number of pyridine rings is 1. The summed E-state index contributed by atoms with van der Waals surface area (Å²) in [6, 6.07) is 10.0. The Morgan fingerprint density at radius 3 is 2.50 bits per heavy atom. The summed E-state index contributed by atoms with van der Waals surface area (Å²) in [7, 11) is 0. The maximum Gasteiger partial charge on any atom is 0.356 e. The predicted molar refractivity (Wildman–Crippen MR) is 82.2 cm³/mol. The van der Waals surface area contributed by atoms with Crippen LogP contribution in [-0.2, 0) is 0 Å². The minimum absolute atomic E-state index is 0.0498. The van der Waals surface area contributed by atoms with Gasteiger partial charge in [-0.25, -0.2) is 14.6 Å². The van der Waals surface area contributed by atoms with Gasteiger partial charge in [-0.15, -0.1) is 0 Å². The van der Waals surface area contributed by atoms with Gasteiger partial charge in [-0.1, -0.05) is 28.1 Å². The first-order valence-electron chi connectivity index (χ1n) is 6.22. The van der Waals surface area contributed by atoms with Gasteiger partial charge in [0.25, 0.3) is 0 Å². The summed E-state index contributed by atoms with van der Waals surface area (Å²) in [5, 5.41) is 18.6. The monoisotopic (exact) mass is 360 g/mol. The number of fused-ring (bicyclic) bond motifs is 1. The van der Waals surface area contributed by atoms with Gasteiger partial charge in [0.2, 0.25) is 0 Å². The number of hydrogen-bond donors (Lipinski definition) is 2. The zero-order valence-corrected chi connectivity index (χ0v) is 12.6. The summed E-state index contributed by atoms with van der Waals surface area (Å²) in [6.07, 6.45) is 1.59. The molecule has 0 radical (unpaired) electrons. The highest BCUT2D eigenvalue weighted by Crippen LogP contribution is 2.28. The summed E-state index contributed by atoms with van der Waals surface area (Å²) < 4.78 is 2.26. The number of halogens is 1. The van der Waals surface area contributed by atoms with E-state index in [1.165, 1.54) is 10.5 Å². The molecule has 0 aliphatic carbocycles. The van der Waals surface area contributed by atoms with E-state index in [2.05, 4.69) is 20.9 Å². The molecule has 0 aliphatic rings. The number of carboxylic acids is 2. The molecule has 0 aliphatic heterocycles. The lowest BCUT2D eigenvalue weighted by Crippen LogP contribution is -2.00. The molecule has 0 spiro atoms.